The summed E-state index contributed by atoms with van der Waals surface area (Å²) in [7, 11) is 3.55. The van der Waals surface area contributed by atoms with Crippen LogP contribution in [0.5, 0.6) is 0 Å². The first-order valence-corrected chi connectivity index (χ1v) is 9.33. The molecule has 2 N–H and O–H groups in total. The van der Waals surface area contributed by atoms with Gasteiger partial charge >= 0.3 is 0 Å². The first kappa shape index (κ1) is 16.4. The van der Waals surface area contributed by atoms with Crippen LogP contribution < -0.4 is 0 Å². The molecule has 0 radical (unpaired) electrons. The second-order valence-electron chi connectivity index (χ2n) is 7.48. The number of imidazole rings is 1. The maximum absolute atomic E-state index is 12.1. The first-order valence-electron chi connectivity index (χ1n) is 9.33. The fraction of sp³-hybridized carbons (Fsp3) is 0.579. The zero-order valence-corrected chi connectivity index (χ0v) is 15.1. The molecular weight excluding hydrogens is 314 g/mol. The van der Waals surface area contributed by atoms with Crippen molar-refractivity contribution in [1.82, 2.24) is 24.8 Å². The van der Waals surface area contributed by atoms with Crippen molar-refractivity contribution in [3.05, 3.63) is 40.7 Å². The predicted molar refractivity (Wildman–Crippen MR) is 96.4 cm³/mol. The van der Waals surface area contributed by atoms with Gasteiger partial charge in [0.1, 0.15) is 11.5 Å². The molecule has 0 bridgehead atoms. The normalized spacial score (nSPS) is 20.6. The summed E-state index contributed by atoms with van der Waals surface area (Å²) >= 11 is 0. The zero-order valence-electron chi connectivity index (χ0n) is 15.1. The van der Waals surface area contributed by atoms with E-state index in [0.29, 0.717) is 11.7 Å². The highest BCUT2D eigenvalue weighted by molar-refractivity contribution is 5.92. The summed E-state index contributed by atoms with van der Waals surface area (Å²) in [6, 6.07) is 4.27. The van der Waals surface area contributed by atoms with E-state index in [0.717, 1.165) is 43.9 Å². The quantitative estimate of drug-likeness (QED) is 0.898. The highest BCUT2D eigenvalue weighted by Gasteiger charge is 2.30. The summed E-state index contributed by atoms with van der Waals surface area (Å²) in [4.78, 5) is 27.9. The lowest BCUT2D eigenvalue weighted by atomic mass is 10.0. The number of likely N-dealkylation sites (tertiary alicyclic amines) is 1. The average molecular weight is 341 g/mol. The molecule has 1 aliphatic heterocycles. The van der Waals surface area contributed by atoms with E-state index in [-0.39, 0.29) is 5.91 Å². The summed E-state index contributed by atoms with van der Waals surface area (Å²) in [5.74, 6) is 1.16. The van der Waals surface area contributed by atoms with E-state index in [1.165, 1.54) is 30.7 Å². The topological polar surface area (TPSA) is 68.0 Å². The highest BCUT2D eigenvalue weighted by atomic mass is 16.2. The molecule has 6 nitrogen and oxygen atoms in total. The Morgan fingerprint density at radius 2 is 2.08 bits per heavy atom. The van der Waals surface area contributed by atoms with Crippen molar-refractivity contribution in [2.75, 3.05) is 20.6 Å². The number of nitrogens with zero attached hydrogens (tertiary/aromatic N) is 3. The number of fused-ring (bicyclic) bond motifs is 1. The average Bonchev–Trinajstić information content (AvgIpc) is 3.33. The molecule has 4 rings (SSSR count). The highest BCUT2D eigenvalue weighted by Crippen LogP contribution is 2.33. The third kappa shape index (κ3) is 3.23. The second-order valence-corrected chi connectivity index (χ2v) is 7.48. The molecule has 0 aromatic carbocycles. The van der Waals surface area contributed by atoms with Crippen LogP contribution in [0.4, 0.5) is 0 Å². The number of aryl methyl sites for hydroxylation is 2. The van der Waals surface area contributed by atoms with Crippen LogP contribution in [-0.2, 0) is 19.4 Å². The van der Waals surface area contributed by atoms with E-state index in [2.05, 4.69) is 14.9 Å². The Morgan fingerprint density at radius 1 is 1.24 bits per heavy atom. The van der Waals surface area contributed by atoms with Crippen molar-refractivity contribution < 1.29 is 4.79 Å². The van der Waals surface area contributed by atoms with Gasteiger partial charge < -0.3 is 14.9 Å². The minimum atomic E-state index is 0.0166. The Bertz CT molecular complexity index is 736. The lowest BCUT2D eigenvalue weighted by Gasteiger charge is -2.22. The number of carbonyl (C=O) groups is 1. The van der Waals surface area contributed by atoms with Gasteiger partial charge in [-0.15, -0.1) is 0 Å². The van der Waals surface area contributed by atoms with E-state index in [9.17, 15) is 4.79 Å². The van der Waals surface area contributed by atoms with Gasteiger partial charge in [0.15, 0.2) is 0 Å². The van der Waals surface area contributed by atoms with Crippen molar-refractivity contribution >= 4 is 5.91 Å². The zero-order chi connectivity index (χ0) is 17.4. The van der Waals surface area contributed by atoms with Crippen LogP contribution in [0.25, 0.3) is 0 Å². The Balaban J connectivity index is 1.48. The number of aromatic amines is 2. The molecule has 0 saturated carbocycles. The molecule has 134 valence electrons. The lowest BCUT2D eigenvalue weighted by molar-refractivity contribution is 0.0822. The van der Waals surface area contributed by atoms with E-state index < -0.39 is 0 Å². The van der Waals surface area contributed by atoms with Crippen molar-refractivity contribution in [3.63, 3.8) is 0 Å². The first-order chi connectivity index (χ1) is 12.1. The monoisotopic (exact) mass is 341 g/mol. The van der Waals surface area contributed by atoms with Crippen molar-refractivity contribution in [3.8, 4) is 0 Å². The van der Waals surface area contributed by atoms with E-state index in [1.54, 1.807) is 19.0 Å². The molecular formula is C19H27N5O. The number of hydrogen-bond donors (Lipinski definition) is 2. The summed E-state index contributed by atoms with van der Waals surface area (Å²) < 4.78 is 0. The molecule has 1 amide bonds. The molecule has 2 aliphatic rings. The molecule has 0 spiro atoms. The van der Waals surface area contributed by atoms with E-state index in [1.807, 2.05) is 12.1 Å². The van der Waals surface area contributed by atoms with E-state index in [4.69, 9.17) is 4.98 Å². The molecule has 2 aromatic heterocycles. The van der Waals surface area contributed by atoms with Gasteiger partial charge in [-0.2, -0.15) is 0 Å². The molecule has 0 unspecified atom stereocenters. The minimum Gasteiger partial charge on any atom is -0.353 e. The number of hydrogen-bond acceptors (Lipinski definition) is 3. The SMILES string of the molecule is CN(C)C(=O)c1ccc(CN2CCC[C@H]2c2nc3c([nH]2)CCCC3)[nH]1. The molecule has 2 aromatic rings. The third-order valence-electron chi connectivity index (χ3n) is 5.41. The van der Waals surface area contributed by atoms with Crippen molar-refractivity contribution in [2.24, 2.45) is 0 Å². The van der Waals surface area contributed by atoms with Crippen LogP contribution in [0.2, 0.25) is 0 Å². The van der Waals surface area contributed by atoms with Gasteiger partial charge in [0.05, 0.1) is 11.7 Å². The number of aromatic nitrogens is 3. The van der Waals surface area contributed by atoms with Gasteiger partial charge in [-0.1, -0.05) is 0 Å². The molecule has 1 saturated heterocycles. The van der Waals surface area contributed by atoms with Gasteiger partial charge in [0.25, 0.3) is 5.91 Å². The molecule has 1 fully saturated rings. The van der Waals surface area contributed by atoms with Gasteiger partial charge in [0.2, 0.25) is 0 Å². The molecule has 3 heterocycles. The number of carbonyl (C=O) groups excluding carboxylic acids is 1. The number of nitrogens with one attached hydrogen (secondary N) is 2. The van der Waals surface area contributed by atoms with Crippen LogP contribution in [0.1, 0.15) is 65.1 Å². The predicted octanol–water partition coefficient (Wildman–Crippen LogP) is 2.66. The van der Waals surface area contributed by atoms with Crippen LogP contribution in [0.3, 0.4) is 0 Å². The largest absolute Gasteiger partial charge is 0.353 e. The summed E-state index contributed by atoms with van der Waals surface area (Å²) in [6.07, 6.45) is 7.13. The van der Waals surface area contributed by atoms with Gasteiger partial charge in [-0.3, -0.25) is 9.69 Å². The van der Waals surface area contributed by atoms with Crippen LogP contribution in [0.15, 0.2) is 12.1 Å². The Kier molecular flexibility index (Phi) is 4.37. The summed E-state index contributed by atoms with van der Waals surface area (Å²) in [5.41, 5.74) is 4.39. The van der Waals surface area contributed by atoms with Crippen LogP contribution in [0, 0.1) is 0 Å². The maximum Gasteiger partial charge on any atom is 0.269 e. The van der Waals surface area contributed by atoms with Gasteiger partial charge in [0, 0.05) is 32.0 Å². The minimum absolute atomic E-state index is 0.0166. The molecule has 1 atom stereocenters. The molecule has 6 heteroatoms. The fourth-order valence-electron chi connectivity index (χ4n) is 4.08. The van der Waals surface area contributed by atoms with Crippen LogP contribution >= 0.6 is 0 Å². The lowest BCUT2D eigenvalue weighted by Crippen LogP contribution is -2.24. The Hall–Kier alpha value is -2.08. The van der Waals surface area contributed by atoms with Crippen LogP contribution in [-0.4, -0.2) is 51.3 Å². The van der Waals surface area contributed by atoms with Crippen molar-refractivity contribution in [1.29, 1.82) is 0 Å². The third-order valence-corrected chi connectivity index (χ3v) is 5.41. The van der Waals surface area contributed by atoms with Gasteiger partial charge in [-0.05, 0) is 57.2 Å². The molecule has 25 heavy (non-hydrogen) atoms. The van der Waals surface area contributed by atoms with Crippen molar-refractivity contribution in [2.45, 2.75) is 51.1 Å². The number of rotatable bonds is 4. The fourth-order valence-corrected chi connectivity index (χ4v) is 4.08. The summed E-state index contributed by atoms with van der Waals surface area (Å²) in [6.45, 7) is 1.91. The standard InChI is InChI=1S/C19H27N5O/c1-23(2)19(25)16-10-9-13(20-16)12-24-11-5-8-17(24)18-21-14-6-3-4-7-15(14)22-18/h9-10,17,20H,3-8,11-12H2,1-2H3,(H,21,22)/t17-/m0/s1. The Morgan fingerprint density at radius 3 is 2.88 bits per heavy atom. The van der Waals surface area contributed by atoms with E-state index >= 15 is 0 Å². The summed E-state index contributed by atoms with van der Waals surface area (Å²) in [5, 5.41) is 0. The maximum atomic E-state index is 12.1. The number of H-pyrrole nitrogens is 2. The molecule has 1 aliphatic carbocycles. The Labute approximate surface area is 148 Å². The second kappa shape index (κ2) is 6.67. The van der Waals surface area contributed by atoms with Gasteiger partial charge in [-0.25, -0.2) is 4.98 Å². The number of amides is 1. The smallest absolute Gasteiger partial charge is 0.269 e.